The molecule has 26 heavy (non-hydrogen) atoms. The molecule has 0 saturated heterocycles. The Morgan fingerprint density at radius 3 is 2.69 bits per heavy atom. The Morgan fingerprint density at radius 2 is 1.85 bits per heavy atom. The van der Waals surface area contributed by atoms with Gasteiger partial charge in [0.25, 0.3) is 0 Å². The smallest absolute Gasteiger partial charge is 0.192 e. The molecule has 0 N–H and O–H groups in total. The van der Waals surface area contributed by atoms with E-state index in [-0.39, 0.29) is 6.10 Å². The van der Waals surface area contributed by atoms with E-state index in [0.29, 0.717) is 13.2 Å². The number of hydrogen-bond acceptors (Lipinski definition) is 6. The summed E-state index contributed by atoms with van der Waals surface area (Å²) in [5.41, 5.74) is 0. The summed E-state index contributed by atoms with van der Waals surface area (Å²) in [6, 6.07) is 17.4. The maximum Gasteiger partial charge on any atom is 0.192 e. The summed E-state index contributed by atoms with van der Waals surface area (Å²) in [5.74, 6) is 3.91. The lowest BCUT2D eigenvalue weighted by atomic mass is 10.2. The molecule has 134 valence electrons. The number of benzene rings is 2. The Balaban J connectivity index is 1.35. The van der Waals surface area contributed by atoms with E-state index < -0.39 is 0 Å². The fourth-order valence-corrected chi connectivity index (χ4v) is 3.42. The molecule has 2 heterocycles. The Hall–Kier alpha value is -2.67. The zero-order valence-corrected chi connectivity index (χ0v) is 15.2. The Kier molecular flexibility index (Phi) is 4.97. The third-order valence-electron chi connectivity index (χ3n) is 3.99. The summed E-state index contributed by atoms with van der Waals surface area (Å²) in [7, 11) is 1.94. The highest BCUT2D eigenvalue weighted by Gasteiger charge is 2.27. The minimum atomic E-state index is -0.266. The van der Waals surface area contributed by atoms with E-state index in [2.05, 4.69) is 10.2 Å². The predicted molar refractivity (Wildman–Crippen MR) is 99.0 cm³/mol. The summed E-state index contributed by atoms with van der Waals surface area (Å²) in [6.45, 7) is 1.03. The van der Waals surface area contributed by atoms with Gasteiger partial charge in [0.15, 0.2) is 28.6 Å². The van der Waals surface area contributed by atoms with Gasteiger partial charge in [-0.25, -0.2) is 0 Å². The molecule has 1 aliphatic heterocycles. The van der Waals surface area contributed by atoms with Crippen LogP contribution in [0.15, 0.2) is 59.8 Å². The predicted octanol–water partition coefficient (Wildman–Crippen LogP) is 3.50. The van der Waals surface area contributed by atoms with Crippen LogP contribution in [0, 0.1) is 0 Å². The van der Waals surface area contributed by atoms with Crippen molar-refractivity contribution in [2.45, 2.75) is 11.3 Å². The largest absolute Gasteiger partial charge is 0.493 e. The van der Waals surface area contributed by atoms with Crippen molar-refractivity contribution in [3.8, 4) is 17.2 Å². The van der Waals surface area contributed by atoms with Crippen LogP contribution in [0.2, 0.25) is 0 Å². The lowest BCUT2D eigenvalue weighted by molar-refractivity contribution is 0.0825. The van der Waals surface area contributed by atoms with Gasteiger partial charge in [-0.2, -0.15) is 0 Å². The van der Waals surface area contributed by atoms with Gasteiger partial charge >= 0.3 is 0 Å². The molecule has 1 aliphatic rings. The Bertz CT molecular complexity index is 869. The summed E-state index contributed by atoms with van der Waals surface area (Å²) in [5, 5.41) is 9.40. The van der Waals surface area contributed by atoms with Crippen molar-refractivity contribution in [2.24, 2.45) is 7.05 Å². The molecule has 1 unspecified atom stereocenters. The third kappa shape index (κ3) is 3.62. The normalized spacial score (nSPS) is 15.7. The first kappa shape index (κ1) is 16.8. The SMILES string of the molecule is Cn1c(SCCOc2ccccc2)nnc1C1COc2ccccc2O1. The Morgan fingerprint density at radius 1 is 1.08 bits per heavy atom. The lowest BCUT2D eigenvalue weighted by Crippen LogP contribution is -2.24. The van der Waals surface area contributed by atoms with Crippen molar-refractivity contribution in [1.82, 2.24) is 14.8 Å². The van der Waals surface area contributed by atoms with Crippen LogP contribution >= 0.6 is 11.8 Å². The molecule has 3 aromatic rings. The average molecular weight is 369 g/mol. The highest BCUT2D eigenvalue weighted by molar-refractivity contribution is 7.99. The van der Waals surface area contributed by atoms with Gasteiger partial charge in [0.05, 0.1) is 6.61 Å². The number of nitrogens with zero attached hydrogens (tertiary/aromatic N) is 3. The van der Waals surface area contributed by atoms with Crippen molar-refractivity contribution < 1.29 is 14.2 Å². The molecule has 6 nitrogen and oxygen atoms in total. The summed E-state index contributed by atoms with van der Waals surface area (Å²) >= 11 is 1.60. The lowest BCUT2D eigenvalue weighted by Gasteiger charge is -2.25. The van der Waals surface area contributed by atoms with Crippen molar-refractivity contribution in [3.63, 3.8) is 0 Å². The van der Waals surface area contributed by atoms with Crippen molar-refractivity contribution in [1.29, 1.82) is 0 Å². The van der Waals surface area contributed by atoms with E-state index in [4.69, 9.17) is 14.2 Å². The zero-order chi connectivity index (χ0) is 17.8. The topological polar surface area (TPSA) is 58.4 Å². The monoisotopic (exact) mass is 369 g/mol. The van der Waals surface area contributed by atoms with Gasteiger partial charge < -0.3 is 18.8 Å². The van der Waals surface area contributed by atoms with Gasteiger partial charge in [0.2, 0.25) is 0 Å². The number of aromatic nitrogens is 3. The van der Waals surface area contributed by atoms with Gasteiger partial charge in [-0.15, -0.1) is 10.2 Å². The Labute approximate surface area is 156 Å². The molecule has 2 aromatic carbocycles. The molecule has 0 spiro atoms. The molecular weight excluding hydrogens is 350 g/mol. The first-order chi connectivity index (χ1) is 12.8. The second kappa shape index (κ2) is 7.70. The minimum absolute atomic E-state index is 0.266. The van der Waals surface area contributed by atoms with Crippen LogP contribution in [0.3, 0.4) is 0 Å². The van der Waals surface area contributed by atoms with Crippen molar-refractivity contribution >= 4 is 11.8 Å². The second-order valence-electron chi connectivity index (χ2n) is 5.77. The number of para-hydroxylation sites is 3. The standard InChI is InChI=1S/C19H19N3O3S/c1-22-18(17-13-24-15-9-5-6-10-16(15)25-17)20-21-19(22)26-12-11-23-14-7-3-2-4-8-14/h2-10,17H,11-13H2,1H3. The maximum atomic E-state index is 6.01. The van der Waals surface area contributed by atoms with Crippen LogP contribution in [-0.2, 0) is 7.05 Å². The number of hydrogen-bond donors (Lipinski definition) is 0. The van der Waals surface area contributed by atoms with E-state index in [9.17, 15) is 0 Å². The van der Waals surface area contributed by atoms with Gasteiger partial charge in [0.1, 0.15) is 12.4 Å². The summed E-state index contributed by atoms with van der Waals surface area (Å²) in [4.78, 5) is 0. The molecule has 0 saturated carbocycles. The van der Waals surface area contributed by atoms with Crippen LogP contribution in [0.25, 0.3) is 0 Å². The van der Waals surface area contributed by atoms with E-state index in [1.807, 2.05) is 66.2 Å². The number of rotatable bonds is 6. The first-order valence-electron chi connectivity index (χ1n) is 8.39. The molecule has 0 aliphatic carbocycles. The highest BCUT2D eigenvalue weighted by atomic mass is 32.2. The second-order valence-corrected chi connectivity index (χ2v) is 6.84. The number of thioether (sulfide) groups is 1. The molecule has 0 amide bonds. The summed E-state index contributed by atoms with van der Waals surface area (Å²) in [6.07, 6.45) is -0.266. The fraction of sp³-hybridized carbons (Fsp3) is 0.263. The summed E-state index contributed by atoms with van der Waals surface area (Å²) < 4.78 is 19.4. The molecular formula is C19H19N3O3S. The van der Waals surface area contributed by atoms with E-state index in [1.165, 1.54) is 0 Å². The maximum absolute atomic E-state index is 6.01. The quantitative estimate of drug-likeness (QED) is 0.490. The van der Waals surface area contributed by atoms with E-state index >= 15 is 0 Å². The van der Waals surface area contributed by atoms with Gasteiger partial charge in [-0.1, -0.05) is 42.1 Å². The molecule has 0 fully saturated rings. The first-order valence-corrected chi connectivity index (χ1v) is 9.38. The molecule has 4 rings (SSSR count). The van der Waals surface area contributed by atoms with Gasteiger partial charge in [-0.05, 0) is 24.3 Å². The number of fused-ring (bicyclic) bond motifs is 1. The fourth-order valence-electron chi connectivity index (χ4n) is 2.69. The van der Waals surface area contributed by atoms with Crippen LogP contribution in [0.5, 0.6) is 17.2 Å². The van der Waals surface area contributed by atoms with Gasteiger partial charge in [0, 0.05) is 12.8 Å². The van der Waals surface area contributed by atoms with Crippen LogP contribution in [-0.4, -0.2) is 33.7 Å². The van der Waals surface area contributed by atoms with Crippen molar-refractivity contribution in [3.05, 3.63) is 60.4 Å². The van der Waals surface area contributed by atoms with Crippen LogP contribution < -0.4 is 14.2 Å². The zero-order valence-electron chi connectivity index (χ0n) is 14.4. The molecule has 0 radical (unpaired) electrons. The highest BCUT2D eigenvalue weighted by Crippen LogP contribution is 2.35. The van der Waals surface area contributed by atoms with E-state index in [1.54, 1.807) is 11.8 Å². The van der Waals surface area contributed by atoms with Crippen LogP contribution in [0.4, 0.5) is 0 Å². The number of ether oxygens (including phenoxy) is 3. The molecule has 1 atom stereocenters. The third-order valence-corrected chi connectivity index (χ3v) is 4.98. The van der Waals surface area contributed by atoms with Gasteiger partial charge in [-0.3, -0.25) is 0 Å². The minimum Gasteiger partial charge on any atom is -0.493 e. The molecule has 1 aromatic heterocycles. The average Bonchev–Trinajstić information content (AvgIpc) is 3.06. The molecule has 7 heteroatoms. The van der Waals surface area contributed by atoms with Crippen LogP contribution in [0.1, 0.15) is 11.9 Å². The molecule has 0 bridgehead atoms. The van der Waals surface area contributed by atoms with E-state index in [0.717, 1.165) is 34.0 Å². The van der Waals surface area contributed by atoms with Crippen molar-refractivity contribution in [2.75, 3.05) is 19.0 Å².